The van der Waals surface area contributed by atoms with Gasteiger partial charge in [0, 0.05) is 30.4 Å². The number of nitrogens with one attached hydrogen (secondary N) is 1. The number of ether oxygens (including phenoxy) is 1. The van der Waals surface area contributed by atoms with Gasteiger partial charge in [-0.15, -0.1) is 4.83 Å². The Labute approximate surface area is 222 Å². The molecule has 3 aromatic rings. The number of sulfonamides is 1. The van der Waals surface area contributed by atoms with E-state index in [-0.39, 0.29) is 17.3 Å². The van der Waals surface area contributed by atoms with Crippen LogP contribution in [-0.4, -0.2) is 50.4 Å². The van der Waals surface area contributed by atoms with Crippen molar-refractivity contribution in [2.24, 2.45) is 10.2 Å². The molecule has 1 heterocycles. The Kier molecular flexibility index (Phi) is 8.52. The van der Waals surface area contributed by atoms with Gasteiger partial charge in [-0.2, -0.15) is 4.51 Å². The molecule has 0 aliphatic carbocycles. The lowest BCUT2D eigenvalue weighted by atomic mass is 10.1. The number of hydrazine groups is 1. The fourth-order valence-electron chi connectivity index (χ4n) is 4.33. The predicted molar refractivity (Wildman–Crippen MR) is 145 cm³/mol. The van der Waals surface area contributed by atoms with Crippen LogP contribution in [0.15, 0.2) is 70.1 Å². The zero-order valence-electron chi connectivity index (χ0n) is 20.6. The van der Waals surface area contributed by atoms with Crippen LogP contribution in [0.5, 0.6) is 5.75 Å². The molecule has 37 heavy (non-hydrogen) atoms. The predicted octanol–water partition coefficient (Wildman–Crippen LogP) is 4.40. The van der Waals surface area contributed by atoms with Crippen molar-refractivity contribution in [2.75, 3.05) is 20.2 Å². The molecule has 1 fully saturated rings. The van der Waals surface area contributed by atoms with Crippen LogP contribution in [0.1, 0.15) is 36.8 Å². The molecule has 1 aliphatic rings. The third-order valence-electron chi connectivity index (χ3n) is 6.32. The number of hydrogen-bond donors (Lipinski definition) is 2. The lowest BCUT2D eigenvalue weighted by Crippen LogP contribution is -2.51. The second-order valence-corrected chi connectivity index (χ2v) is 10.7. The Bertz CT molecular complexity index is 1410. The monoisotopic (exact) mass is 543 g/mol. The van der Waals surface area contributed by atoms with Crippen LogP contribution in [0.3, 0.4) is 0 Å². The summed E-state index contributed by atoms with van der Waals surface area (Å²) in [6.45, 7) is 1.13. The number of carbonyl (C=O) groups is 1. The average Bonchev–Trinajstić information content (AvgIpc) is 3.21. The molecular formula is C26H30ClN5O4S. The minimum absolute atomic E-state index is 0.0112. The zero-order valence-corrected chi connectivity index (χ0v) is 22.1. The molecule has 0 radical (unpaired) electrons. The molecule has 9 nitrogen and oxygen atoms in total. The Morgan fingerprint density at radius 2 is 1.76 bits per heavy atom. The lowest BCUT2D eigenvalue weighted by Gasteiger charge is -2.30. The number of benzene rings is 3. The number of amidine groups is 1. The molecule has 0 aromatic heterocycles. The van der Waals surface area contributed by atoms with Crippen molar-refractivity contribution in [3.63, 3.8) is 0 Å². The van der Waals surface area contributed by atoms with Crippen molar-refractivity contribution < 1.29 is 17.9 Å². The summed E-state index contributed by atoms with van der Waals surface area (Å²) in [4.78, 5) is 17.8. The van der Waals surface area contributed by atoms with Gasteiger partial charge < -0.3 is 15.4 Å². The molecule has 0 spiro atoms. The summed E-state index contributed by atoms with van der Waals surface area (Å²) in [5.41, 5.74) is 7.08. The molecule has 3 aromatic carbocycles. The summed E-state index contributed by atoms with van der Waals surface area (Å²) in [6, 6.07) is 16.8. The maximum absolute atomic E-state index is 13.6. The number of urea groups is 1. The number of halogens is 1. The summed E-state index contributed by atoms with van der Waals surface area (Å²) in [5, 5.41) is 2.72. The van der Waals surface area contributed by atoms with Crippen LogP contribution in [0.2, 0.25) is 0 Å². The highest BCUT2D eigenvalue weighted by molar-refractivity contribution is 7.89. The van der Waals surface area contributed by atoms with Crippen molar-refractivity contribution in [1.82, 2.24) is 14.7 Å². The fourth-order valence-corrected chi connectivity index (χ4v) is 5.49. The minimum atomic E-state index is -4.08. The maximum Gasteiger partial charge on any atom is 0.335 e. The topological polar surface area (TPSA) is 117 Å². The Morgan fingerprint density at radius 1 is 1.05 bits per heavy atom. The normalized spacial score (nSPS) is 14.9. The number of rotatable bonds is 7. The van der Waals surface area contributed by atoms with E-state index >= 15 is 0 Å². The van der Waals surface area contributed by atoms with Gasteiger partial charge in [0.05, 0.1) is 18.6 Å². The van der Waals surface area contributed by atoms with Gasteiger partial charge in [0.15, 0.2) is 0 Å². The summed E-state index contributed by atoms with van der Waals surface area (Å²) in [7, 11) is -2.51. The van der Waals surface area contributed by atoms with Crippen LogP contribution >= 0.6 is 11.8 Å². The summed E-state index contributed by atoms with van der Waals surface area (Å²) < 4.78 is 35.7. The van der Waals surface area contributed by atoms with Gasteiger partial charge in [-0.3, -0.25) is 0 Å². The quantitative estimate of drug-likeness (QED) is 0.260. The van der Waals surface area contributed by atoms with Crippen molar-refractivity contribution in [3.05, 3.63) is 71.8 Å². The lowest BCUT2D eigenvalue weighted by molar-refractivity contribution is 0.142. The summed E-state index contributed by atoms with van der Waals surface area (Å²) in [6.07, 6.45) is 3.82. The van der Waals surface area contributed by atoms with Gasteiger partial charge in [-0.05, 0) is 59.5 Å². The van der Waals surface area contributed by atoms with E-state index in [9.17, 15) is 13.2 Å². The zero-order chi connectivity index (χ0) is 26.4. The molecule has 1 aliphatic heterocycles. The van der Waals surface area contributed by atoms with Gasteiger partial charge in [-0.25, -0.2) is 18.2 Å². The number of nitrogens with two attached hydrogens (primary N) is 1. The van der Waals surface area contributed by atoms with Gasteiger partial charge in [0.1, 0.15) is 11.6 Å². The number of carbonyl (C=O) groups excluding carboxylic acids is 1. The molecule has 11 heteroatoms. The fraction of sp³-hybridized carbons (Fsp3) is 0.308. The van der Waals surface area contributed by atoms with Crippen LogP contribution in [-0.2, 0) is 16.6 Å². The molecule has 0 atom stereocenters. The first kappa shape index (κ1) is 26.7. The van der Waals surface area contributed by atoms with Crippen LogP contribution < -0.4 is 15.3 Å². The number of hydrogen-bond acceptors (Lipinski definition) is 5. The van der Waals surface area contributed by atoms with E-state index in [4.69, 9.17) is 22.2 Å². The van der Waals surface area contributed by atoms with Crippen LogP contribution in [0.4, 0.5) is 4.79 Å². The number of methoxy groups -OCH3 is 1. The molecule has 2 amide bonds. The van der Waals surface area contributed by atoms with E-state index < -0.39 is 16.1 Å². The van der Waals surface area contributed by atoms with Crippen molar-refractivity contribution in [3.8, 4) is 5.75 Å². The van der Waals surface area contributed by atoms with E-state index in [0.29, 0.717) is 30.0 Å². The van der Waals surface area contributed by atoms with Crippen LogP contribution in [0.25, 0.3) is 10.8 Å². The SMILES string of the molecule is COc1ccc2cc(S(=O)(=O)NN(Cc3cccc(C(N)=NCl)c3)C(=O)N3CCCCCC3)ccc2c1. The van der Waals surface area contributed by atoms with E-state index in [1.807, 2.05) is 6.07 Å². The first-order chi connectivity index (χ1) is 17.8. The van der Waals surface area contributed by atoms with E-state index in [1.54, 1.807) is 60.5 Å². The smallest absolute Gasteiger partial charge is 0.335 e. The first-order valence-electron chi connectivity index (χ1n) is 12.0. The molecule has 4 rings (SSSR count). The standard InChI is InChI=1S/C26H30ClN5O4S/c1-36-23-11-9-21-17-24(12-10-20(21)16-23)37(34,35)30-32(26(33)31-13-4-2-3-5-14-31)18-19-7-6-8-22(15-19)25(28)29-27/h6-12,15-17,30H,2-5,13-14,18H2,1H3,(H2,28,29). The molecule has 0 bridgehead atoms. The van der Waals surface area contributed by atoms with Gasteiger partial charge in [0.2, 0.25) is 0 Å². The second-order valence-electron chi connectivity index (χ2n) is 8.91. The maximum atomic E-state index is 13.6. The highest BCUT2D eigenvalue weighted by Crippen LogP contribution is 2.24. The number of amides is 2. The average molecular weight is 544 g/mol. The first-order valence-corrected chi connectivity index (χ1v) is 13.8. The van der Waals surface area contributed by atoms with Crippen LogP contribution in [0, 0.1) is 0 Å². The third kappa shape index (κ3) is 6.51. The minimum Gasteiger partial charge on any atom is -0.497 e. The van der Waals surface area contributed by atoms with Gasteiger partial charge in [0.25, 0.3) is 10.0 Å². The number of likely N-dealkylation sites (tertiary alicyclic amines) is 1. The molecule has 3 N–H and O–H groups in total. The highest BCUT2D eigenvalue weighted by Gasteiger charge is 2.27. The molecule has 0 unspecified atom stereocenters. The molecule has 0 saturated carbocycles. The largest absolute Gasteiger partial charge is 0.497 e. The molecule has 1 saturated heterocycles. The summed E-state index contributed by atoms with van der Waals surface area (Å²) in [5.74, 6) is 0.805. The number of nitrogens with zero attached hydrogens (tertiary/aromatic N) is 3. The Morgan fingerprint density at radius 3 is 2.46 bits per heavy atom. The second kappa shape index (κ2) is 11.8. The Balaban J connectivity index is 1.65. The van der Waals surface area contributed by atoms with E-state index in [1.165, 1.54) is 6.07 Å². The van der Waals surface area contributed by atoms with Crippen molar-refractivity contribution >= 4 is 44.4 Å². The molecule has 196 valence electrons. The highest BCUT2D eigenvalue weighted by atomic mass is 35.5. The molecular weight excluding hydrogens is 514 g/mol. The van der Waals surface area contributed by atoms with Crippen molar-refractivity contribution in [2.45, 2.75) is 37.1 Å². The van der Waals surface area contributed by atoms with E-state index in [2.05, 4.69) is 9.34 Å². The van der Waals surface area contributed by atoms with Gasteiger partial charge >= 0.3 is 6.03 Å². The third-order valence-corrected chi connectivity index (χ3v) is 7.84. The Hall–Kier alpha value is -3.34. The van der Waals surface area contributed by atoms with Gasteiger partial charge in [-0.1, -0.05) is 43.2 Å². The summed E-state index contributed by atoms with van der Waals surface area (Å²) >= 11 is 5.52. The van der Waals surface area contributed by atoms with Crippen molar-refractivity contribution in [1.29, 1.82) is 0 Å². The van der Waals surface area contributed by atoms with E-state index in [0.717, 1.165) is 41.5 Å². The number of fused-ring (bicyclic) bond motifs is 1.